The van der Waals surface area contributed by atoms with E-state index in [0.29, 0.717) is 12.1 Å². The molecule has 1 amide bonds. The zero-order valence-corrected chi connectivity index (χ0v) is 18.2. The van der Waals surface area contributed by atoms with Gasteiger partial charge in [0, 0.05) is 6.04 Å². The van der Waals surface area contributed by atoms with Crippen molar-refractivity contribution in [3.05, 3.63) is 58.4 Å². The molecule has 1 aromatic carbocycles. The van der Waals surface area contributed by atoms with E-state index in [-0.39, 0.29) is 31.2 Å². The summed E-state index contributed by atoms with van der Waals surface area (Å²) in [7, 11) is -4.02. The van der Waals surface area contributed by atoms with E-state index >= 15 is 0 Å². The molecule has 1 fully saturated rings. The van der Waals surface area contributed by atoms with Crippen molar-refractivity contribution in [2.45, 2.75) is 54.2 Å². The zero-order chi connectivity index (χ0) is 24.6. The topological polar surface area (TPSA) is 76.1 Å². The average molecular weight is 515 g/mol. The van der Waals surface area contributed by atoms with Crippen LogP contribution in [0.25, 0.3) is 0 Å². The fraction of sp³-hybridized carbons (Fsp3) is 0.400. The predicted molar refractivity (Wildman–Crippen MR) is 106 cm³/mol. The summed E-state index contributed by atoms with van der Waals surface area (Å²) in [6.07, 6.45) is -8.81. The molecule has 0 bridgehead atoms. The summed E-state index contributed by atoms with van der Waals surface area (Å²) >= 11 is 5.71. The van der Waals surface area contributed by atoms with Crippen LogP contribution in [-0.2, 0) is 22.2 Å². The van der Waals surface area contributed by atoms with Gasteiger partial charge in [0.1, 0.15) is 10.8 Å². The van der Waals surface area contributed by atoms with E-state index in [9.17, 15) is 39.6 Å². The molecular weight excluding hydrogens is 498 g/mol. The highest BCUT2D eigenvalue weighted by Gasteiger charge is 2.36. The summed E-state index contributed by atoms with van der Waals surface area (Å²) in [5.41, 5.74) is -2.57. The Kier molecular flexibility index (Phi) is 6.99. The summed E-state index contributed by atoms with van der Waals surface area (Å²) in [5, 5.41) is 1.04. The first kappa shape index (κ1) is 25.3. The Labute approximate surface area is 190 Å². The lowest BCUT2D eigenvalue weighted by atomic mass is 9.95. The van der Waals surface area contributed by atoms with Crippen LogP contribution in [0.15, 0.2) is 41.3 Å². The second-order valence-electron chi connectivity index (χ2n) is 7.55. The molecule has 13 heteroatoms. The molecule has 1 heterocycles. The molecule has 5 nitrogen and oxygen atoms in total. The van der Waals surface area contributed by atoms with Crippen LogP contribution in [0.1, 0.15) is 47.3 Å². The molecule has 1 saturated carbocycles. The molecule has 0 radical (unpaired) electrons. The van der Waals surface area contributed by atoms with E-state index in [4.69, 9.17) is 11.6 Å². The van der Waals surface area contributed by atoms with E-state index in [1.54, 1.807) is 0 Å². The first-order valence-corrected chi connectivity index (χ1v) is 11.6. The standard InChI is InChI=1S/C20H17ClF6N2O3S/c21-17-15(8-9-16(29-17)20(25,26)27)18(30)28-12-4-6-13(7-5-12)33(31,32)14-3-1-2-11(10-14)19(22,23)24/h1-3,8-10,12-13H,4-7H2,(H,28,30)/t12-,13-. The number of aromatic nitrogens is 1. The predicted octanol–water partition coefficient (Wildman–Crippen LogP) is 5.29. The van der Waals surface area contributed by atoms with Crippen LogP contribution < -0.4 is 5.32 Å². The summed E-state index contributed by atoms with van der Waals surface area (Å²) in [6, 6.07) is 4.57. The second kappa shape index (κ2) is 9.13. The van der Waals surface area contributed by atoms with Crippen LogP contribution >= 0.6 is 11.6 Å². The Morgan fingerprint density at radius 1 is 0.970 bits per heavy atom. The van der Waals surface area contributed by atoms with Crippen LogP contribution in [-0.4, -0.2) is 30.6 Å². The first-order valence-electron chi connectivity index (χ1n) is 9.65. The van der Waals surface area contributed by atoms with Crippen LogP contribution in [0.5, 0.6) is 0 Å². The highest BCUT2D eigenvalue weighted by atomic mass is 35.5. The summed E-state index contributed by atoms with van der Waals surface area (Å²) in [5.74, 6) is -0.759. The maximum absolute atomic E-state index is 12.9. The van der Waals surface area contributed by atoms with Crippen molar-refractivity contribution in [1.82, 2.24) is 10.3 Å². The second-order valence-corrected chi connectivity index (χ2v) is 10.1. The number of benzene rings is 1. The van der Waals surface area contributed by atoms with Gasteiger partial charge in [-0.3, -0.25) is 4.79 Å². The molecule has 0 atom stereocenters. The number of hydrogen-bond acceptors (Lipinski definition) is 4. The molecule has 2 aromatic rings. The maximum atomic E-state index is 12.9. The number of carbonyl (C=O) groups is 1. The number of nitrogens with one attached hydrogen (secondary N) is 1. The van der Waals surface area contributed by atoms with E-state index in [2.05, 4.69) is 10.3 Å². The molecule has 33 heavy (non-hydrogen) atoms. The van der Waals surface area contributed by atoms with Gasteiger partial charge in [-0.15, -0.1) is 0 Å². The Bertz CT molecular complexity index is 1140. The fourth-order valence-corrected chi connectivity index (χ4v) is 5.66. The number of sulfone groups is 1. The lowest BCUT2D eigenvalue weighted by molar-refractivity contribution is -0.141. The van der Waals surface area contributed by atoms with Crippen molar-refractivity contribution in [2.24, 2.45) is 0 Å². The number of nitrogens with zero attached hydrogens (tertiary/aromatic N) is 1. The number of alkyl halides is 6. The lowest BCUT2D eigenvalue weighted by Crippen LogP contribution is -2.40. The SMILES string of the molecule is O=C(N[C@H]1CC[C@H](S(=O)(=O)c2cccc(C(F)(F)F)c2)CC1)c1ccc(C(F)(F)F)nc1Cl. The molecule has 0 spiro atoms. The quantitative estimate of drug-likeness (QED) is 0.444. The maximum Gasteiger partial charge on any atom is 0.433 e. The molecular formula is C20H17ClF6N2O3S. The van der Waals surface area contributed by atoms with Crippen molar-refractivity contribution in [2.75, 3.05) is 0 Å². The first-order chi connectivity index (χ1) is 15.2. The van der Waals surface area contributed by atoms with Crippen LogP contribution in [0.4, 0.5) is 26.3 Å². The molecule has 3 rings (SSSR count). The highest BCUT2D eigenvalue weighted by Crippen LogP contribution is 2.34. The fourth-order valence-electron chi connectivity index (χ4n) is 3.58. The number of halogens is 7. The van der Waals surface area contributed by atoms with Gasteiger partial charge in [0.25, 0.3) is 5.91 Å². The monoisotopic (exact) mass is 514 g/mol. The molecule has 180 valence electrons. The number of hydrogen-bond donors (Lipinski definition) is 1. The number of amides is 1. The van der Waals surface area contributed by atoms with Crippen molar-refractivity contribution in [3.63, 3.8) is 0 Å². The van der Waals surface area contributed by atoms with E-state index < -0.39 is 60.7 Å². The molecule has 0 unspecified atom stereocenters. The highest BCUT2D eigenvalue weighted by molar-refractivity contribution is 7.92. The van der Waals surface area contributed by atoms with Gasteiger partial charge in [0.2, 0.25) is 0 Å². The Hall–Kier alpha value is -2.34. The molecule has 1 aromatic heterocycles. The molecule has 0 aliphatic heterocycles. The van der Waals surface area contributed by atoms with Gasteiger partial charge in [-0.05, 0) is 56.0 Å². The Morgan fingerprint density at radius 2 is 1.61 bits per heavy atom. The molecule has 1 N–H and O–H groups in total. The lowest BCUT2D eigenvalue weighted by Gasteiger charge is -2.29. The third-order valence-electron chi connectivity index (χ3n) is 5.32. The van der Waals surface area contributed by atoms with Crippen molar-refractivity contribution < 1.29 is 39.6 Å². The van der Waals surface area contributed by atoms with Crippen LogP contribution in [0, 0.1) is 0 Å². The van der Waals surface area contributed by atoms with Gasteiger partial charge in [-0.2, -0.15) is 26.3 Å². The minimum Gasteiger partial charge on any atom is -0.349 e. The Morgan fingerprint density at radius 3 is 2.15 bits per heavy atom. The van der Waals surface area contributed by atoms with E-state index in [0.717, 1.165) is 24.3 Å². The zero-order valence-electron chi connectivity index (χ0n) is 16.7. The third kappa shape index (κ3) is 5.78. The van der Waals surface area contributed by atoms with Crippen molar-refractivity contribution in [3.8, 4) is 0 Å². The van der Waals surface area contributed by atoms with Gasteiger partial charge < -0.3 is 5.32 Å². The average Bonchev–Trinajstić information content (AvgIpc) is 2.73. The largest absolute Gasteiger partial charge is 0.433 e. The minimum atomic E-state index is -4.72. The number of pyridine rings is 1. The molecule has 0 saturated heterocycles. The Balaban J connectivity index is 1.65. The molecule has 1 aliphatic carbocycles. The van der Waals surface area contributed by atoms with Crippen molar-refractivity contribution in [1.29, 1.82) is 0 Å². The summed E-state index contributed by atoms with van der Waals surface area (Å²) in [4.78, 5) is 15.1. The van der Waals surface area contributed by atoms with Crippen molar-refractivity contribution >= 4 is 27.3 Å². The van der Waals surface area contributed by atoms with Crippen LogP contribution in [0.2, 0.25) is 5.15 Å². The van der Waals surface area contributed by atoms with Gasteiger partial charge in [-0.25, -0.2) is 13.4 Å². The minimum absolute atomic E-state index is 0.0858. The smallest absolute Gasteiger partial charge is 0.349 e. The normalized spacial score (nSPS) is 19.8. The summed E-state index contributed by atoms with van der Waals surface area (Å²) in [6.45, 7) is 0. The van der Waals surface area contributed by atoms with Gasteiger partial charge in [0.15, 0.2) is 9.84 Å². The summed E-state index contributed by atoms with van der Waals surface area (Å²) < 4.78 is 102. The molecule has 1 aliphatic rings. The van der Waals surface area contributed by atoms with Crippen LogP contribution in [0.3, 0.4) is 0 Å². The number of rotatable bonds is 4. The van der Waals surface area contributed by atoms with E-state index in [1.807, 2.05) is 0 Å². The number of carbonyl (C=O) groups excluding carboxylic acids is 1. The van der Waals surface area contributed by atoms with Gasteiger partial charge >= 0.3 is 12.4 Å². The van der Waals surface area contributed by atoms with Gasteiger partial charge in [-0.1, -0.05) is 17.7 Å². The van der Waals surface area contributed by atoms with Gasteiger partial charge in [0.05, 0.1) is 21.3 Å². The third-order valence-corrected chi connectivity index (χ3v) is 7.87. The van der Waals surface area contributed by atoms with E-state index in [1.165, 1.54) is 0 Å².